The summed E-state index contributed by atoms with van der Waals surface area (Å²) in [6.07, 6.45) is 0. The van der Waals surface area contributed by atoms with E-state index in [2.05, 4.69) is 5.32 Å². The molecule has 0 spiro atoms. The summed E-state index contributed by atoms with van der Waals surface area (Å²) in [5.41, 5.74) is 0.396. The molecule has 0 aliphatic heterocycles. The highest BCUT2D eigenvalue weighted by molar-refractivity contribution is 8.01. The Balaban J connectivity index is 2.84. The lowest BCUT2D eigenvalue weighted by Crippen LogP contribution is -2.35. The lowest BCUT2D eigenvalue weighted by Gasteiger charge is -2.19. The Morgan fingerprint density at radius 2 is 2.05 bits per heavy atom. The maximum atomic E-state index is 11.9. The number of halogens is 1. The number of hydrogen-bond acceptors (Lipinski definition) is 4. The second-order valence-electron chi connectivity index (χ2n) is 5.63. The van der Waals surface area contributed by atoms with Crippen LogP contribution in [0.25, 0.3) is 0 Å². The average Bonchev–Trinajstić information content (AvgIpc) is 2.41. The second kappa shape index (κ2) is 7.74. The van der Waals surface area contributed by atoms with Crippen molar-refractivity contribution in [2.75, 3.05) is 12.9 Å². The molecule has 0 aliphatic carbocycles. The lowest BCUT2D eigenvalue weighted by atomic mass is 10.1. The third kappa shape index (κ3) is 5.77. The zero-order chi connectivity index (χ0) is 16.9. The molecule has 2 N–H and O–H groups in total. The summed E-state index contributed by atoms with van der Waals surface area (Å²) < 4.78 is 4.96. The molecular formula is C15H20ClNO4S. The van der Waals surface area contributed by atoms with Gasteiger partial charge in [-0.05, 0) is 17.7 Å². The largest absolute Gasteiger partial charge is 0.495 e. The second-order valence-corrected chi connectivity index (χ2v) is 7.84. The van der Waals surface area contributed by atoms with Crippen LogP contribution in [0.5, 0.6) is 5.75 Å². The number of benzene rings is 1. The minimum Gasteiger partial charge on any atom is -0.495 e. The molecule has 5 nitrogen and oxygen atoms in total. The number of methoxy groups -OCH3 is 1. The summed E-state index contributed by atoms with van der Waals surface area (Å²) in [5.74, 6) is -0.837. The fraction of sp³-hybridized carbons (Fsp3) is 0.467. The van der Waals surface area contributed by atoms with E-state index in [1.807, 2.05) is 20.8 Å². The van der Waals surface area contributed by atoms with Crippen LogP contribution in [-0.2, 0) is 9.59 Å². The van der Waals surface area contributed by atoms with E-state index in [4.69, 9.17) is 16.3 Å². The van der Waals surface area contributed by atoms with Crippen molar-refractivity contribution in [2.45, 2.75) is 31.6 Å². The van der Waals surface area contributed by atoms with E-state index in [0.717, 1.165) is 0 Å². The van der Waals surface area contributed by atoms with Crippen LogP contribution >= 0.6 is 23.4 Å². The van der Waals surface area contributed by atoms with E-state index in [-0.39, 0.29) is 16.4 Å². The molecule has 1 atom stereocenters. The van der Waals surface area contributed by atoms with Crippen LogP contribution in [0.15, 0.2) is 18.2 Å². The first kappa shape index (κ1) is 18.6. The monoisotopic (exact) mass is 345 g/mol. The molecule has 1 amide bonds. The Morgan fingerprint density at radius 3 is 2.50 bits per heavy atom. The standard InChI is InChI=1S/C15H20ClNO4S/c1-15(2,3)22-8-12(18)17-13(14(19)20)9-5-6-11(21-4)10(16)7-9/h5-7,13H,8H2,1-4H3,(H,17,18)(H,19,20). The molecule has 0 heterocycles. The van der Waals surface area contributed by atoms with E-state index in [0.29, 0.717) is 16.3 Å². The number of carbonyl (C=O) groups is 2. The zero-order valence-electron chi connectivity index (χ0n) is 13.0. The van der Waals surface area contributed by atoms with Crippen molar-refractivity contribution in [3.05, 3.63) is 28.8 Å². The first-order valence-corrected chi connectivity index (χ1v) is 8.00. The number of thioether (sulfide) groups is 1. The van der Waals surface area contributed by atoms with Gasteiger partial charge in [-0.25, -0.2) is 4.79 Å². The minimum absolute atomic E-state index is 0.0700. The number of hydrogen-bond donors (Lipinski definition) is 2. The average molecular weight is 346 g/mol. The van der Waals surface area contributed by atoms with Crippen molar-refractivity contribution in [2.24, 2.45) is 0 Å². The van der Waals surface area contributed by atoms with E-state index >= 15 is 0 Å². The van der Waals surface area contributed by atoms with Crippen LogP contribution in [0.4, 0.5) is 0 Å². The van der Waals surface area contributed by atoms with Gasteiger partial charge in [-0.15, -0.1) is 11.8 Å². The Morgan fingerprint density at radius 1 is 1.41 bits per heavy atom. The molecule has 0 bridgehead atoms. The molecule has 22 heavy (non-hydrogen) atoms. The van der Waals surface area contributed by atoms with E-state index in [1.54, 1.807) is 12.1 Å². The third-order valence-corrected chi connectivity index (χ3v) is 4.27. The molecule has 122 valence electrons. The van der Waals surface area contributed by atoms with Gasteiger partial charge in [0.1, 0.15) is 5.75 Å². The summed E-state index contributed by atoms with van der Waals surface area (Å²) in [4.78, 5) is 23.3. The molecule has 1 aromatic rings. The van der Waals surface area contributed by atoms with Gasteiger partial charge in [0.25, 0.3) is 0 Å². The number of rotatable bonds is 6. The van der Waals surface area contributed by atoms with Crippen LogP contribution in [-0.4, -0.2) is 34.6 Å². The van der Waals surface area contributed by atoms with Gasteiger partial charge in [0.15, 0.2) is 6.04 Å². The molecule has 0 aromatic heterocycles. The molecule has 0 radical (unpaired) electrons. The van der Waals surface area contributed by atoms with Gasteiger partial charge >= 0.3 is 5.97 Å². The molecule has 1 rings (SSSR count). The molecule has 0 saturated heterocycles. The molecule has 0 saturated carbocycles. The fourth-order valence-corrected chi connectivity index (χ4v) is 2.55. The first-order valence-electron chi connectivity index (χ1n) is 6.63. The number of carbonyl (C=O) groups excluding carboxylic acids is 1. The highest BCUT2D eigenvalue weighted by Gasteiger charge is 2.24. The number of amides is 1. The maximum Gasteiger partial charge on any atom is 0.330 e. The fourth-order valence-electron chi connectivity index (χ4n) is 1.63. The van der Waals surface area contributed by atoms with Gasteiger partial charge in [0.2, 0.25) is 5.91 Å². The van der Waals surface area contributed by atoms with Gasteiger partial charge in [0.05, 0.1) is 17.9 Å². The van der Waals surface area contributed by atoms with Crippen molar-refractivity contribution < 1.29 is 19.4 Å². The quantitative estimate of drug-likeness (QED) is 0.828. The number of carboxylic acids is 1. The van der Waals surface area contributed by atoms with E-state index in [1.165, 1.54) is 24.9 Å². The Bertz CT molecular complexity index is 557. The van der Waals surface area contributed by atoms with Gasteiger partial charge in [-0.2, -0.15) is 0 Å². The van der Waals surface area contributed by atoms with Crippen LogP contribution in [0.1, 0.15) is 32.4 Å². The Labute approximate surface area is 139 Å². The van der Waals surface area contributed by atoms with Gasteiger partial charge in [-0.1, -0.05) is 38.4 Å². The molecule has 1 unspecified atom stereocenters. The molecule has 0 fully saturated rings. The van der Waals surface area contributed by atoms with Gasteiger partial charge in [-0.3, -0.25) is 4.79 Å². The summed E-state index contributed by atoms with van der Waals surface area (Å²) in [6.45, 7) is 5.97. The molecule has 1 aromatic carbocycles. The third-order valence-electron chi connectivity index (χ3n) is 2.70. The predicted octanol–water partition coefficient (Wildman–Crippen LogP) is 3.12. The molecule has 7 heteroatoms. The van der Waals surface area contributed by atoms with E-state index in [9.17, 15) is 14.7 Å². The van der Waals surface area contributed by atoms with Gasteiger partial charge in [0, 0.05) is 4.75 Å². The highest BCUT2D eigenvalue weighted by Crippen LogP contribution is 2.28. The van der Waals surface area contributed by atoms with Crippen LogP contribution in [0, 0.1) is 0 Å². The summed E-state index contributed by atoms with van der Waals surface area (Å²) in [5, 5.41) is 12.1. The summed E-state index contributed by atoms with van der Waals surface area (Å²) in [7, 11) is 1.47. The number of ether oxygens (including phenoxy) is 1. The molecular weight excluding hydrogens is 326 g/mol. The van der Waals surface area contributed by atoms with Crippen LogP contribution in [0.3, 0.4) is 0 Å². The van der Waals surface area contributed by atoms with Crippen molar-refractivity contribution in [1.29, 1.82) is 0 Å². The summed E-state index contributed by atoms with van der Waals surface area (Å²) in [6, 6.07) is 3.48. The van der Waals surface area contributed by atoms with Gasteiger partial charge < -0.3 is 15.2 Å². The highest BCUT2D eigenvalue weighted by atomic mass is 35.5. The Kier molecular flexibility index (Phi) is 6.56. The minimum atomic E-state index is -1.14. The van der Waals surface area contributed by atoms with Crippen molar-refractivity contribution in [3.63, 3.8) is 0 Å². The SMILES string of the molecule is COc1ccc(C(NC(=O)CSC(C)(C)C)C(=O)O)cc1Cl. The van der Waals surface area contributed by atoms with Crippen LogP contribution in [0.2, 0.25) is 5.02 Å². The summed E-state index contributed by atoms with van der Waals surface area (Å²) >= 11 is 7.45. The zero-order valence-corrected chi connectivity index (χ0v) is 14.5. The Hall–Kier alpha value is -1.40. The lowest BCUT2D eigenvalue weighted by molar-refractivity contribution is -0.141. The number of nitrogens with one attached hydrogen (secondary N) is 1. The topological polar surface area (TPSA) is 75.6 Å². The first-order chi connectivity index (χ1) is 10.1. The van der Waals surface area contributed by atoms with E-state index < -0.39 is 12.0 Å². The number of aliphatic carboxylic acids is 1. The van der Waals surface area contributed by atoms with Crippen molar-refractivity contribution >= 4 is 35.2 Å². The van der Waals surface area contributed by atoms with Crippen molar-refractivity contribution in [1.82, 2.24) is 5.32 Å². The predicted molar refractivity (Wildman–Crippen MR) is 88.7 cm³/mol. The molecule has 0 aliphatic rings. The smallest absolute Gasteiger partial charge is 0.330 e. The number of carboxylic acid groups (broad SMARTS) is 1. The normalized spacial score (nSPS) is 12.6. The van der Waals surface area contributed by atoms with Crippen molar-refractivity contribution in [3.8, 4) is 5.75 Å². The maximum absolute atomic E-state index is 11.9. The van der Waals surface area contributed by atoms with Crippen LogP contribution < -0.4 is 10.1 Å².